The molecular formula is C12H18N2O4. The van der Waals surface area contributed by atoms with E-state index in [9.17, 15) is 9.59 Å². The maximum Gasteiger partial charge on any atom is 0.324 e. The zero-order chi connectivity index (χ0) is 13.6. The molecule has 0 fully saturated rings. The molecule has 5 N–H and O–H groups in total. The van der Waals surface area contributed by atoms with Crippen LogP contribution in [-0.2, 0) is 4.79 Å². The van der Waals surface area contributed by atoms with Gasteiger partial charge in [0.2, 0.25) is 0 Å². The van der Waals surface area contributed by atoms with Gasteiger partial charge in [-0.25, -0.2) is 0 Å². The van der Waals surface area contributed by atoms with Gasteiger partial charge in [0.1, 0.15) is 5.54 Å². The minimum atomic E-state index is -1.56. The first-order chi connectivity index (χ1) is 8.49. The van der Waals surface area contributed by atoms with E-state index in [0.29, 0.717) is 19.4 Å². The van der Waals surface area contributed by atoms with Gasteiger partial charge in [0.05, 0.1) is 6.26 Å². The summed E-state index contributed by atoms with van der Waals surface area (Å²) in [7, 11) is 0. The van der Waals surface area contributed by atoms with Crippen molar-refractivity contribution in [2.75, 3.05) is 6.54 Å². The first kappa shape index (κ1) is 14.4. The Morgan fingerprint density at radius 3 is 2.61 bits per heavy atom. The van der Waals surface area contributed by atoms with Crippen LogP contribution in [0.15, 0.2) is 22.8 Å². The lowest BCUT2D eigenvalue weighted by molar-refractivity contribution is -0.143. The first-order valence-electron chi connectivity index (χ1n) is 5.78. The molecule has 6 nitrogen and oxygen atoms in total. The highest BCUT2D eigenvalue weighted by Crippen LogP contribution is 2.19. The number of carbonyl (C=O) groups is 2. The number of Topliss-reactive ketones (excluding diaryl/α,β-unsaturated/α-hetero) is 1. The number of hydrogen-bond acceptors (Lipinski definition) is 5. The Morgan fingerprint density at radius 2 is 2.11 bits per heavy atom. The van der Waals surface area contributed by atoms with Crippen LogP contribution in [-0.4, -0.2) is 28.9 Å². The Kier molecular flexibility index (Phi) is 5.06. The lowest BCUT2D eigenvalue weighted by Gasteiger charge is -2.23. The third-order valence-corrected chi connectivity index (χ3v) is 2.77. The van der Waals surface area contributed by atoms with E-state index in [0.717, 1.165) is 0 Å². The van der Waals surface area contributed by atoms with Crippen LogP contribution in [0.2, 0.25) is 0 Å². The molecule has 1 heterocycles. The van der Waals surface area contributed by atoms with Gasteiger partial charge in [0, 0.05) is 6.42 Å². The van der Waals surface area contributed by atoms with Crippen LogP contribution in [0.3, 0.4) is 0 Å². The van der Waals surface area contributed by atoms with Gasteiger partial charge in [0.25, 0.3) is 0 Å². The molecule has 0 aliphatic rings. The minimum absolute atomic E-state index is 0.130. The van der Waals surface area contributed by atoms with Crippen LogP contribution < -0.4 is 11.5 Å². The van der Waals surface area contributed by atoms with Gasteiger partial charge in [-0.2, -0.15) is 0 Å². The summed E-state index contributed by atoms with van der Waals surface area (Å²) in [6, 6.07) is 3.06. The van der Waals surface area contributed by atoms with Crippen molar-refractivity contribution in [1.29, 1.82) is 0 Å². The molecule has 0 aliphatic carbocycles. The average Bonchev–Trinajstić information content (AvgIpc) is 2.82. The molecule has 0 saturated heterocycles. The van der Waals surface area contributed by atoms with Crippen LogP contribution >= 0.6 is 0 Å². The molecule has 0 aromatic carbocycles. The number of nitrogens with two attached hydrogens (primary N) is 2. The van der Waals surface area contributed by atoms with E-state index in [1.165, 1.54) is 12.3 Å². The lowest BCUT2D eigenvalue weighted by Crippen LogP contribution is -2.49. The second-order valence-electron chi connectivity index (χ2n) is 4.28. The zero-order valence-electron chi connectivity index (χ0n) is 10.1. The molecular weight excluding hydrogens is 236 g/mol. The van der Waals surface area contributed by atoms with Gasteiger partial charge in [0.15, 0.2) is 11.5 Å². The van der Waals surface area contributed by atoms with E-state index in [4.69, 9.17) is 21.0 Å². The predicted octanol–water partition coefficient (Wildman–Crippen LogP) is 0.763. The van der Waals surface area contributed by atoms with Crippen molar-refractivity contribution in [1.82, 2.24) is 0 Å². The second kappa shape index (κ2) is 6.32. The third-order valence-electron chi connectivity index (χ3n) is 2.77. The summed E-state index contributed by atoms with van der Waals surface area (Å²) in [6.07, 6.45) is 2.55. The fourth-order valence-corrected chi connectivity index (χ4v) is 1.67. The fraction of sp³-hybridized carbons (Fsp3) is 0.500. The Hall–Kier alpha value is -1.66. The summed E-state index contributed by atoms with van der Waals surface area (Å²) in [4.78, 5) is 23.0. The molecule has 0 amide bonds. The van der Waals surface area contributed by atoms with Crippen molar-refractivity contribution in [2.45, 2.75) is 31.2 Å². The number of rotatable bonds is 8. The molecule has 100 valence electrons. The summed E-state index contributed by atoms with van der Waals surface area (Å²) in [5, 5.41) is 9.14. The van der Waals surface area contributed by atoms with Gasteiger partial charge < -0.3 is 21.0 Å². The van der Waals surface area contributed by atoms with E-state index >= 15 is 0 Å². The van der Waals surface area contributed by atoms with Gasteiger partial charge in [-0.1, -0.05) is 0 Å². The predicted molar refractivity (Wildman–Crippen MR) is 65.1 cm³/mol. The number of ketones is 1. The lowest BCUT2D eigenvalue weighted by atomic mass is 9.88. The summed E-state index contributed by atoms with van der Waals surface area (Å²) in [5.41, 5.74) is 9.57. The van der Waals surface area contributed by atoms with Gasteiger partial charge in [-0.15, -0.1) is 0 Å². The monoisotopic (exact) mass is 254 g/mol. The molecule has 1 rings (SSSR count). The molecule has 1 aromatic heterocycles. The van der Waals surface area contributed by atoms with Crippen LogP contribution in [0.1, 0.15) is 36.2 Å². The Morgan fingerprint density at radius 1 is 1.39 bits per heavy atom. The number of carbonyl (C=O) groups excluding carboxylic acids is 1. The number of unbranched alkanes of at least 4 members (excludes halogenated alkanes) is 1. The van der Waals surface area contributed by atoms with Crippen LogP contribution in [0.25, 0.3) is 0 Å². The maximum atomic E-state index is 11.8. The molecule has 0 unspecified atom stereocenters. The zero-order valence-corrected chi connectivity index (χ0v) is 10.1. The summed E-state index contributed by atoms with van der Waals surface area (Å²) in [5.74, 6) is -1.46. The van der Waals surface area contributed by atoms with Crippen molar-refractivity contribution in [2.24, 2.45) is 11.5 Å². The van der Waals surface area contributed by atoms with Crippen LogP contribution in [0, 0.1) is 0 Å². The Bertz CT molecular complexity index is 402. The van der Waals surface area contributed by atoms with Gasteiger partial charge >= 0.3 is 5.97 Å². The van der Waals surface area contributed by atoms with E-state index in [1.54, 1.807) is 6.07 Å². The van der Waals surface area contributed by atoms with Crippen LogP contribution in [0.5, 0.6) is 0 Å². The van der Waals surface area contributed by atoms with Gasteiger partial charge in [-0.3, -0.25) is 9.59 Å². The quantitative estimate of drug-likeness (QED) is 0.465. The number of furan rings is 1. The highest BCUT2D eigenvalue weighted by molar-refractivity contribution is 5.97. The second-order valence-corrected chi connectivity index (χ2v) is 4.28. The van der Waals surface area contributed by atoms with Crippen molar-refractivity contribution in [3.63, 3.8) is 0 Å². The molecule has 0 saturated carbocycles. The highest BCUT2D eigenvalue weighted by Gasteiger charge is 2.36. The molecule has 1 aromatic rings. The SMILES string of the molecule is NCCCC[C@@](N)(CC(=O)c1ccco1)C(=O)O. The van der Waals surface area contributed by atoms with Crippen molar-refractivity contribution < 1.29 is 19.1 Å². The van der Waals surface area contributed by atoms with Gasteiger partial charge in [-0.05, 0) is 37.9 Å². The average molecular weight is 254 g/mol. The minimum Gasteiger partial charge on any atom is -0.480 e. The Balaban J connectivity index is 2.67. The number of aliphatic carboxylic acids is 1. The van der Waals surface area contributed by atoms with E-state index < -0.39 is 17.3 Å². The standard InChI is InChI=1S/C12H18N2O4/c13-6-2-1-5-12(14,11(16)17)8-9(15)10-4-3-7-18-10/h3-4,7H,1-2,5-6,8,13-14H2,(H,16,17)/t12-/m1/s1. The third kappa shape index (κ3) is 3.68. The van der Waals surface area contributed by atoms with E-state index in [1.807, 2.05) is 0 Å². The smallest absolute Gasteiger partial charge is 0.324 e. The van der Waals surface area contributed by atoms with Crippen LogP contribution in [0.4, 0.5) is 0 Å². The summed E-state index contributed by atoms with van der Waals surface area (Å²) >= 11 is 0. The van der Waals surface area contributed by atoms with E-state index in [2.05, 4.69) is 0 Å². The largest absolute Gasteiger partial charge is 0.480 e. The molecule has 0 radical (unpaired) electrons. The molecule has 0 bridgehead atoms. The fourth-order valence-electron chi connectivity index (χ4n) is 1.67. The number of carboxylic acid groups (broad SMARTS) is 1. The number of hydrogen-bond donors (Lipinski definition) is 3. The normalized spacial score (nSPS) is 14.1. The maximum absolute atomic E-state index is 11.8. The topological polar surface area (TPSA) is 120 Å². The van der Waals surface area contributed by atoms with E-state index in [-0.39, 0.29) is 18.6 Å². The molecule has 18 heavy (non-hydrogen) atoms. The Labute approximate surface area is 105 Å². The summed E-state index contributed by atoms with van der Waals surface area (Å²) in [6.45, 7) is 0.474. The van der Waals surface area contributed by atoms with Crippen molar-refractivity contribution in [3.05, 3.63) is 24.2 Å². The highest BCUT2D eigenvalue weighted by atomic mass is 16.4. The summed E-state index contributed by atoms with van der Waals surface area (Å²) < 4.78 is 4.93. The molecule has 6 heteroatoms. The van der Waals surface area contributed by atoms with Crippen molar-refractivity contribution >= 4 is 11.8 Å². The number of carboxylic acids is 1. The molecule has 0 aliphatic heterocycles. The van der Waals surface area contributed by atoms with Crippen molar-refractivity contribution in [3.8, 4) is 0 Å². The molecule has 0 spiro atoms. The molecule has 1 atom stereocenters. The first-order valence-corrected chi connectivity index (χ1v) is 5.78.